The van der Waals surface area contributed by atoms with Crippen molar-refractivity contribution in [2.75, 3.05) is 34.0 Å². The molecule has 2 aliphatic rings. The summed E-state index contributed by atoms with van der Waals surface area (Å²) in [7, 11) is 3.24. The second-order valence-electron chi connectivity index (χ2n) is 12.3. The monoisotopic (exact) mass is 636 g/mol. The molecule has 11 nitrogen and oxygen atoms in total. The van der Waals surface area contributed by atoms with E-state index in [0.29, 0.717) is 74.1 Å². The normalized spacial score (nSPS) is 20.3. The summed E-state index contributed by atoms with van der Waals surface area (Å²) in [6.45, 7) is 5.50. The van der Waals surface area contributed by atoms with Crippen molar-refractivity contribution in [3.63, 3.8) is 0 Å². The number of carbonyl (C=O) groups excluding carboxylic acids is 1. The number of guanidine groups is 1. The highest BCUT2D eigenvalue weighted by molar-refractivity contribution is 5.79. The Morgan fingerprint density at radius 2 is 1.96 bits per heavy atom. The lowest BCUT2D eigenvalue weighted by Gasteiger charge is -2.33. The van der Waals surface area contributed by atoms with Crippen LogP contribution < -0.4 is 30.6 Å². The number of carbonyl (C=O) groups is 1. The second-order valence-corrected chi connectivity index (χ2v) is 12.3. The van der Waals surface area contributed by atoms with Crippen LogP contribution in [0.3, 0.4) is 0 Å². The van der Waals surface area contributed by atoms with Gasteiger partial charge in [0.25, 0.3) is 0 Å². The summed E-state index contributed by atoms with van der Waals surface area (Å²) in [6.07, 6.45) is 1.07. The van der Waals surface area contributed by atoms with E-state index in [1.54, 1.807) is 13.1 Å². The molecule has 2 aromatic carbocycles. The molecule has 0 amide bonds. The van der Waals surface area contributed by atoms with Crippen LogP contribution in [0.1, 0.15) is 67.3 Å². The number of methoxy groups -OCH3 is 1. The van der Waals surface area contributed by atoms with Crippen molar-refractivity contribution >= 4 is 11.7 Å². The van der Waals surface area contributed by atoms with Crippen LogP contribution in [0.4, 0.5) is 0 Å². The average molecular weight is 637 g/mol. The number of nitrogens with one attached hydrogen (secondary N) is 2. The van der Waals surface area contributed by atoms with Crippen LogP contribution >= 0.6 is 0 Å². The van der Waals surface area contributed by atoms with Crippen molar-refractivity contribution in [1.29, 1.82) is 0 Å². The topological polar surface area (TPSA) is 168 Å². The predicted octanol–water partition coefficient (Wildman–Crippen LogP) is 2.57. The zero-order valence-corrected chi connectivity index (χ0v) is 27.3. The summed E-state index contributed by atoms with van der Waals surface area (Å²) in [5, 5.41) is 38.6. The molecule has 4 rings (SSSR count). The van der Waals surface area contributed by atoms with Gasteiger partial charge >= 0.3 is 0 Å². The highest BCUT2D eigenvalue weighted by atomic mass is 16.6. The number of benzene rings is 2. The molecule has 250 valence electrons. The maximum Gasteiger partial charge on any atom is 0.200 e. The number of aliphatic hydroxyl groups excluding tert-OH is 2. The number of aliphatic imine (C=N–C) groups is 1. The van der Waals surface area contributed by atoms with E-state index in [4.69, 9.17) is 19.9 Å². The van der Waals surface area contributed by atoms with E-state index in [0.717, 1.165) is 22.3 Å². The molecular formula is C35H48N4O7. The highest BCUT2D eigenvalue weighted by Gasteiger charge is 2.33. The molecule has 0 radical (unpaired) electrons. The van der Waals surface area contributed by atoms with Crippen LogP contribution in [-0.2, 0) is 30.5 Å². The fraction of sp³-hybridized carbons (Fsp3) is 0.543. The van der Waals surface area contributed by atoms with Gasteiger partial charge in [0.1, 0.15) is 12.5 Å². The number of phenolic OH excluding ortho intramolecular Hbond substituents is 1. The van der Waals surface area contributed by atoms with E-state index >= 15 is 0 Å². The number of aromatic hydroxyl groups is 1. The van der Waals surface area contributed by atoms with E-state index in [-0.39, 0.29) is 49.2 Å². The van der Waals surface area contributed by atoms with Crippen LogP contribution in [-0.4, -0.2) is 73.4 Å². The summed E-state index contributed by atoms with van der Waals surface area (Å²) in [4.78, 5) is 17.2. The van der Waals surface area contributed by atoms with E-state index in [1.807, 2.05) is 6.07 Å². The Kier molecular flexibility index (Phi) is 12.5. The molecular weight excluding hydrogens is 588 g/mol. The van der Waals surface area contributed by atoms with Gasteiger partial charge < -0.3 is 40.6 Å². The van der Waals surface area contributed by atoms with Crippen molar-refractivity contribution in [2.45, 2.75) is 77.6 Å². The fourth-order valence-electron chi connectivity index (χ4n) is 5.80. The quantitative estimate of drug-likeness (QED) is 0.104. The zero-order valence-electron chi connectivity index (χ0n) is 27.3. The minimum Gasteiger partial charge on any atom is -0.504 e. The standard InChI is InChI=1S/C35H48N4O7/c1-21(2)19-39-35(36)38-15-14-25-17-29-23-9-12-27(41)18-26(40)11-8-22-10-13-30(42)32(44-4)28(22)7-5-6-24(16-23)31(45-20-37-3)33(29)46-34(25)43/h10,13,16,21,25,27,34,37,41-43H,6,8-9,11-12,14-15,17-20H2,1-4H3,(H3,36,38,39)/t25-,27-,34+/m1/s1. The lowest BCUT2D eigenvalue weighted by molar-refractivity contribution is -0.121. The smallest absolute Gasteiger partial charge is 0.200 e. The van der Waals surface area contributed by atoms with Crippen molar-refractivity contribution in [1.82, 2.24) is 10.6 Å². The number of fused-ring (bicyclic) bond motifs is 5. The minimum absolute atomic E-state index is 0.0396. The third-order valence-corrected chi connectivity index (χ3v) is 8.23. The first kappa shape index (κ1) is 34.9. The Hall–Kier alpha value is -3.98. The van der Waals surface area contributed by atoms with Crippen molar-refractivity contribution < 1.29 is 34.3 Å². The van der Waals surface area contributed by atoms with Gasteiger partial charge in [-0.2, -0.15) is 0 Å². The largest absolute Gasteiger partial charge is 0.504 e. The summed E-state index contributed by atoms with van der Waals surface area (Å²) >= 11 is 0. The molecule has 7 N–H and O–H groups in total. The van der Waals surface area contributed by atoms with Gasteiger partial charge in [-0.25, -0.2) is 0 Å². The van der Waals surface area contributed by atoms with Gasteiger partial charge in [0, 0.05) is 49.4 Å². The third-order valence-electron chi connectivity index (χ3n) is 8.23. The fourth-order valence-corrected chi connectivity index (χ4v) is 5.80. The van der Waals surface area contributed by atoms with E-state index in [2.05, 4.69) is 41.3 Å². The van der Waals surface area contributed by atoms with Gasteiger partial charge in [0.05, 0.1) is 18.8 Å². The van der Waals surface area contributed by atoms with Crippen molar-refractivity contribution in [3.05, 3.63) is 46.0 Å². The molecule has 0 fully saturated rings. The average Bonchev–Trinajstić information content (AvgIpc) is 3.02. The molecule has 0 saturated heterocycles. The lowest BCUT2D eigenvalue weighted by atomic mass is 9.86. The van der Waals surface area contributed by atoms with Gasteiger partial charge in [-0.15, -0.1) is 0 Å². The first-order valence-corrected chi connectivity index (χ1v) is 16.0. The van der Waals surface area contributed by atoms with Gasteiger partial charge in [-0.05, 0) is 62.3 Å². The predicted molar refractivity (Wildman–Crippen MR) is 176 cm³/mol. The van der Waals surface area contributed by atoms with Crippen LogP contribution in [0, 0.1) is 23.7 Å². The van der Waals surface area contributed by atoms with Crippen LogP contribution in [0.2, 0.25) is 0 Å². The summed E-state index contributed by atoms with van der Waals surface area (Å²) in [6, 6.07) is 5.31. The number of hydrogen-bond acceptors (Lipinski definition) is 9. The lowest BCUT2D eigenvalue weighted by Crippen LogP contribution is -2.38. The number of nitrogens with zero attached hydrogens (tertiary/aromatic N) is 1. The number of phenols is 1. The Balaban J connectivity index is 1.72. The number of ketones is 1. The molecule has 0 spiro atoms. The highest BCUT2D eigenvalue weighted by Crippen LogP contribution is 2.44. The number of rotatable bonds is 9. The number of nitrogens with two attached hydrogens (primary N) is 1. The number of ether oxygens (including phenoxy) is 3. The third kappa shape index (κ3) is 9.06. The van der Waals surface area contributed by atoms with Gasteiger partial charge in [-0.3, -0.25) is 15.1 Å². The number of Topliss-reactive ketones (excluding diaryl/α,β-unsaturated/α-hetero) is 1. The van der Waals surface area contributed by atoms with Crippen LogP contribution in [0.25, 0.3) is 0 Å². The molecule has 1 aliphatic heterocycles. The van der Waals surface area contributed by atoms with Gasteiger partial charge in [0.2, 0.25) is 6.29 Å². The van der Waals surface area contributed by atoms with E-state index < -0.39 is 12.4 Å². The SMILES string of the molecule is CNCOc1c2cc(c3c1O[C@H](O)[C@H](CCNC(N)=NCC(C)C)C3)CC[C@@H](O)CC(=O)CCc1ccc(O)c(OC)c1C#CC2. The number of hydrogen-bond donors (Lipinski definition) is 6. The molecule has 46 heavy (non-hydrogen) atoms. The van der Waals surface area contributed by atoms with E-state index in [1.165, 1.54) is 13.2 Å². The molecule has 1 aliphatic carbocycles. The molecule has 1 heterocycles. The Labute approximate surface area is 271 Å². The van der Waals surface area contributed by atoms with Crippen molar-refractivity contribution in [3.8, 4) is 34.8 Å². The Morgan fingerprint density at radius 1 is 1.15 bits per heavy atom. The van der Waals surface area contributed by atoms with Crippen LogP contribution in [0.5, 0.6) is 23.0 Å². The molecule has 0 aromatic heterocycles. The maximum absolute atomic E-state index is 12.8. The molecule has 11 heteroatoms. The summed E-state index contributed by atoms with van der Waals surface area (Å²) in [5.41, 5.74) is 9.92. The van der Waals surface area contributed by atoms with Gasteiger partial charge in [0.15, 0.2) is 29.0 Å². The van der Waals surface area contributed by atoms with E-state index in [9.17, 15) is 20.1 Å². The molecule has 0 unspecified atom stereocenters. The Bertz CT molecular complexity index is 1460. The molecule has 2 aromatic rings. The first-order chi connectivity index (χ1) is 22.1. The number of aryl methyl sites for hydroxylation is 2. The summed E-state index contributed by atoms with van der Waals surface area (Å²) in [5.74, 6) is 8.04. The van der Waals surface area contributed by atoms with Crippen LogP contribution in [0.15, 0.2) is 23.2 Å². The second kappa shape index (κ2) is 16.5. The van der Waals surface area contributed by atoms with Crippen molar-refractivity contribution in [2.24, 2.45) is 22.6 Å². The molecule has 0 saturated carbocycles. The maximum atomic E-state index is 12.8. The minimum atomic E-state index is -1.08. The molecule has 2 bridgehead atoms. The molecule has 3 atom stereocenters. The van der Waals surface area contributed by atoms with Gasteiger partial charge in [-0.1, -0.05) is 37.8 Å². The Morgan fingerprint density at radius 3 is 2.70 bits per heavy atom. The number of aliphatic hydroxyl groups is 2. The first-order valence-electron chi connectivity index (χ1n) is 16.0. The summed E-state index contributed by atoms with van der Waals surface area (Å²) < 4.78 is 17.8. The zero-order chi connectivity index (χ0) is 33.2.